The Bertz CT molecular complexity index is 436. The molecular formula is C9H11N3O2. The van der Waals surface area contributed by atoms with Crippen LogP contribution in [0.4, 0.5) is 5.82 Å². The molecule has 1 atom stereocenters. The Kier molecular flexibility index (Phi) is 2.09. The van der Waals surface area contributed by atoms with Gasteiger partial charge in [-0.15, -0.1) is 0 Å². The Labute approximate surface area is 80.5 Å². The number of aromatic nitrogens is 2. The van der Waals surface area contributed by atoms with Gasteiger partial charge in [0.25, 0.3) is 0 Å². The van der Waals surface area contributed by atoms with Gasteiger partial charge >= 0.3 is 5.69 Å². The van der Waals surface area contributed by atoms with E-state index in [0.29, 0.717) is 0 Å². The first-order valence-corrected chi connectivity index (χ1v) is 4.37. The molecule has 5 heteroatoms. The smallest absolute Gasteiger partial charge is 0.353 e. The molecule has 1 fully saturated rings. The van der Waals surface area contributed by atoms with E-state index in [1.165, 1.54) is 4.57 Å². The lowest BCUT2D eigenvalue weighted by Crippen LogP contribution is -2.19. The van der Waals surface area contributed by atoms with Crippen molar-refractivity contribution >= 4 is 12.0 Å². The predicted octanol–water partition coefficient (Wildman–Crippen LogP) is -0.321. The van der Waals surface area contributed by atoms with Gasteiger partial charge in [0.2, 0.25) is 0 Å². The molecule has 14 heavy (non-hydrogen) atoms. The molecule has 5 nitrogen and oxygen atoms in total. The normalized spacial score (nSPS) is 22.6. The SMILES string of the molecule is Nc1ccn(/C=C2/C[C@H]2CO)c(=O)n1. The molecule has 0 unspecified atom stereocenters. The Morgan fingerprint density at radius 3 is 3.14 bits per heavy atom. The van der Waals surface area contributed by atoms with Crippen LogP contribution in [0.5, 0.6) is 0 Å². The van der Waals surface area contributed by atoms with Gasteiger partial charge in [-0.1, -0.05) is 0 Å². The first-order chi connectivity index (χ1) is 6.70. The number of nitrogens with two attached hydrogens (primary N) is 1. The molecule has 1 aliphatic carbocycles. The zero-order valence-electron chi connectivity index (χ0n) is 7.55. The fourth-order valence-corrected chi connectivity index (χ4v) is 1.27. The Balaban J connectivity index is 2.27. The lowest BCUT2D eigenvalue weighted by molar-refractivity contribution is 0.281. The molecule has 0 amide bonds. The van der Waals surface area contributed by atoms with E-state index in [1.54, 1.807) is 18.5 Å². The first kappa shape index (κ1) is 8.96. The Morgan fingerprint density at radius 1 is 1.79 bits per heavy atom. The Hall–Kier alpha value is -1.62. The standard InChI is InChI=1S/C9H11N3O2/c10-8-1-2-12(9(14)11-8)4-6-3-7(6)5-13/h1-2,4,7,13H,3,5H2,(H2,10,11,14)/b6-4-/t7-/m0/s1. The molecule has 74 valence electrons. The average molecular weight is 193 g/mol. The van der Waals surface area contributed by atoms with Crippen molar-refractivity contribution in [2.45, 2.75) is 6.42 Å². The second-order valence-corrected chi connectivity index (χ2v) is 3.33. The molecule has 1 aliphatic rings. The summed E-state index contributed by atoms with van der Waals surface area (Å²) in [5.74, 6) is 0.443. The number of hydrogen-bond donors (Lipinski definition) is 2. The van der Waals surface area contributed by atoms with E-state index in [-0.39, 0.29) is 24.0 Å². The molecule has 3 N–H and O–H groups in total. The van der Waals surface area contributed by atoms with E-state index in [9.17, 15) is 4.79 Å². The van der Waals surface area contributed by atoms with Crippen LogP contribution in [0.25, 0.3) is 6.20 Å². The number of anilines is 1. The maximum absolute atomic E-state index is 11.3. The number of aliphatic hydroxyl groups is 1. The summed E-state index contributed by atoms with van der Waals surface area (Å²) in [6.45, 7) is 0.142. The van der Waals surface area contributed by atoms with Crippen molar-refractivity contribution in [2.24, 2.45) is 5.92 Å². The maximum atomic E-state index is 11.3. The number of nitrogens with zero attached hydrogens (tertiary/aromatic N) is 2. The van der Waals surface area contributed by atoms with Crippen LogP contribution in [0, 0.1) is 5.92 Å². The minimum atomic E-state index is -0.388. The lowest BCUT2D eigenvalue weighted by atomic mass is 10.4. The molecule has 1 aromatic heterocycles. The maximum Gasteiger partial charge on any atom is 0.353 e. The summed E-state index contributed by atoms with van der Waals surface area (Å²) in [5, 5.41) is 8.80. The van der Waals surface area contributed by atoms with Crippen LogP contribution < -0.4 is 11.4 Å². The van der Waals surface area contributed by atoms with Crippen molar-refractivity contribution in [1.82, 2.24) is 9.55 Å². The molecule has 0 aromatic carbocycles. The van der Waals surface area contributed by atoms with Gasteiger partial charge in [-0.3, -0.25) is 4.57 Å². The second-order valence-electron chi connectivity index (χ2n) is 3.33. The van der Waals surface area contributed by atoms with Crippen molar-refractivity contribution in [3.05, 3.63) is 28.3 Å². The van der Waals surface area contributed by atoms with E-state index in [4.69, 9.17) is 10.8 Å². The third-order valence-electron chi connectivity index (χ3n) is 2.22. The zero-order chi connectivity index (χ0) is 10.1. The van der Waals surface area contributed by atoms with E-state index in [2.05, 4.69) is 4.98 Å². The van der Waals surface area contributed by atoms with Gasteiger partial charge in [0, 0.05) is 24.9 Å². The van der Waals surface area contributed by atoms with Gasteiger partial charge in [0.1, 0.15) is 5.82 Å². The molecule has 1 saturated carbocycles. The van der Waals surface area contributed by atoms with Crippen molar-refractivity contribution in [2.75, 3.05) is 12.3 Å². The van der Waals surface area contributed by atoms with Crippen molar-refractivity contribution in [3.63, 3.8) is 0 Å². The monoisotopic (exact) mass is 193 g/mol. The highest BCUT2D eigenvalue weighted by molar-refractivity contribution is 5.42. The lowest BCUT2D eigenvalue weighted by Gasteiger charge is -1.96. The zero-order valence-corrected chi connectivity index (χ0v) is 7.55. The summed E-state index contributed by atoms with van der Waals surface area (Å²) in [6, 6.07) is 1.56. The molecule has 2 rings (SSSR count). The summed E-state index contributed by atoms with van der Waals surface area (Å²) in [4.78, 5) is 14.8. The van der Waals surface area contributed by atoms with Crippen LogP contribution in [-0.4, -0.2) is 21.3 Å². The number of hydrogen-bond acceptors (Lipinski definition) is 4. The van der Waals surface area contributed by atoms with E-state index in [1.807, 2.05) is 0 Å². The molecule has 0 radical (unpaired) electrons. The topological polar surface area (TPSA) is 81.1 Å². The molecule has 0 bridgehead atoms. The van der Waals surface area contributed by atoms with E-state index < -0.39 is 0 Å². The number of nitrogen functional groups attached to an aromatic ring is 1. The van der Waals surface area contributed by atoms with Crippen LogP contribution >= 0.6 is 0 Å². The van der Waals surface area contributed by atoms with Crippen molar-refractivity contribution in [1.29, 1.82) is 0 Å². The van der Waals surface area contributed by atoms with Crippen LogP contribution in [0.2, 0.25) is 0 Å². The highest BCUT2D eigenvalue weighted by Crippen LogP contribution is 2.37. The van der Waals surface area contributed by atoms with Crippen LogP contribution in [0.3, 0.4) is 0 Å². The third kappa shape index (κ3) is 1.67. The number of aliphatic hydroxyl groups excluding tert-OH is 1. The quantitative estimate of drug-likeness (QED) is 0.674. The minimum absolute atomic E-state index is 0.142. The van der Waals surface area contributed by atoms with Crippen LogP contribution in [0.1, 0.15) is 6.42 Å². The van der Waals surface area contributed by atoms with Crippen molar-refractivity contribution < 1.29 is 5.11 Å². The van der Waals surface area contributed by atoms with Gasteiger partial charge in [-0.25, -0.2) is 4.79 Å². The second kappa shape index (κ2) is 3.26. The average Bonchev–Trinajstić information content (AvgIpc) is 2.89. The van der Waals surface area contributed by atoms with Gasteiger partial charge < -0.3 is 10.8 Å². The fourth-order valence-electron chi connectivity index (χ4n) is 1.27. The number of rotatable bonds is 2. The summed E-state index contributed by atoms with van der Waals surface area (Å²) in [5.41, 5.74) is 6.02. The minimum Gasteiger partial charge on any atom is -0.396 e. The Morgan fingerprint density at radius 2 is 2.57 bits per heavy atom. The molecule has 0 aliphatic heterocycles. The highest BCUT2D eigenvalue weighted by atomic mass is 16.3. The van der Waals surface area contributed by atoms with Gasteiger partial charge in [0.05, 0.1) is 0 Å². The molecular weight excluding hydrogens is 182 g/mol. The van der Waals surface area contributed by atoms with Gasteiger partial charge in [-0.05, 0) is 18.1 Å². The van der Waals surface area contributed by atoms with Gasteiger partial charge in [-0.2, -0.15) is 4.98 Å². The van der Waals surface area contributed by atoms with Crippen LogP contribution in [-0.2, 0) is 0 Å². The largest absolute Gasteiger partial charge is 0.396 e. The molecule has 0 spiro atoms. The molecule has 0 saturated heterocycles. The predicted molar refractivity (Wildman–Crippen MR) is 52.4 cm³/mol. The third-order valence-corrected chi connectivity index (χ3v) is 2.22. The summed E-state index contributed by atoms with van der Waals surface area (Å²) in [6.07, 6.45) is 4.13. The molecule has 1 aromatic rings. The summed E-state index contributed by atoms with van der Waals surface area (Å²) in [7, 11) is 0. The molecule has 1 heterocycles. The summed E-state index contributed by atoms with van der Waals surface area (Å²) < 4.78 is 1.38. The first-order valence-electron chi connectivity index (χ1n) is 4.37. The summed E-state index contributed by atoms with van der Waals surface area (Å²) >= 11 is 0. The van der Waals surface area contributed by atoms with E-state index >= 15 is 0 Å². The highest BCUT2D eigenvalue weighted by Gasteiger charge is 2.28. The van der Waals surface area contributed by atoms with Gasteiger partial charge in [0.15, 0.2) is 0 Å². The van der Waals surface area contributed by atoms with E-state index in [0.717, 1.165) is 12.0 Å². The van der Waals surface area contributed by atoms with Crippen molar-refractivity contribution in [3.8, 4) is 0 Å². The van der Waals surface area contributed by atoms with Crippen LogP contribution in [0.15, 0.2) is 22.6 Å². The fraction of sp³-hybridized carbons (Fsp3) is 0.333.